The quantitative estimate of drug-likeness (QED) is 0.661. The molecular formula is C21H23BrN4O. The summed E-state index contributed by atoms with van der Waals surface area (Å²) >= 11 is 3.49. The molecular weight excluding hydrogens is 404 g/mol. The summed E-state index contributed by atoms with van der Waals surface area (Å²) in [5, 5.41) is 8.60. The van der Waals surface area contributed by atoms with Gasteiger partial charge < -0.3 is 5.32 Å². The van der Waals surface area contributed by atoms with Gasteiger partial charge in [0.1, 0.15) is 0 Å². The van der Waals surface area contributed by atoms with Gasteiger partial charge in [0.2, 0.25) is 0 Å². The third kappa shape index (κ3) is 3.38. The van der Waals surface area contributed by atoms with E-state index in [0.717, 1.165) is 45.3 Å². The van der Waals surface area contributed by atoms with E-state index in [4.69, 9.17) is 0 Å². The van der Waals surface area contributed by atoms with Gasteiger partial charge in [0.05, 0.1) is 22.7 Å². The molecule has 1 aliphatic carbocycles. The van der Waals surface area contributed by atoms with Crippen LogP contribution in [0.4, 0.5) is 0 Å². The van der Waals surface area contributed by atoms with Crippen LogP contribution in [0.5, 0.6) is 0 Å². The third-order valence-electron chi connectivity index (χ3n) is 5.48. The first-order chi connectivity index (χ1) is 12.9. The maximum absolute atomic E-state index is 13.3. The van der Waals surface area contributed by atoms with Crippen LogP contribution in [-0.2, 0) is 7.05 Å². The van der Waals surface area contributed by atoms with E-state index in [1.54, 1.807) is 4.68 Å². The second-order valence-corrected chi connectivity index (χ2v) is 8.33. The summed E-state index contributed by atoms with van der Waals surface area (Å²) in [6.45, 7) is 3.84. The Labute approximate surface area is 167 Å². The van der Waals surface area contributed by atoms with Gasteiger partial charge in [-0.15, -0.1) is 0 Å². The van der Waals surface area contributed by atoms with E-state index in [-0.39, 0.29) is 11.9 Å². The summed E-state index contributed by atoms with van der Waals surface area (Å²) in [6.07, 6.45) is 3.53. The Morgan fingerprint density at radius 1 is 1.26 bits per heavy atom. The lowest BCUT2D eigenvalue weighted by Gasteiger charge is -2.34. The van der Waals surface area contributed by atoms with Crippen molar-refractivity contribution in [3.63, 3.8) is 0 Å². The highest BCUT2D eigenvalue weighted by Crippen LogP contribution is 2.38. The van der Waals surface area contributed by atoms with Crippen LogP contribution in [0.15, 0.2) is 34.8 Å². The number of aromatic nitrogens is 3. The lowest BCUT2D eigenvalue weighted by Crippen LogP contribution is -2.36. The van der Waals surface area contributed by atoms with E-state index in [2.05, 4.69) is 43.5 Å². The smallest absolute Gasteiger partial charge is 0.252 e. The molecule has 2 heterocycles. The summed E-state index contributed by atoms with van der Waals surface area (Å²) in [5.41, 5.74) is 4.21. The molecule has 5 nitrogen and oxygen atoms in total. The fourth-order valence-corrected chi connectivity index (χ4v) is 4.15. The number of fused-ring (bicyclic) bond motifs is 1. The Morgan fingerprint density at radius 3 is 2.59 bits per heavy atom. The number of halogens is 1. The number of hydrogen-bond acceptors (Lipinski definition) is 3. The topological polar surface area (TPSA) is 59.8 Å². The predicted octanol–water partition coefficient (Wildman–Crippen LogP) is 4.62. The maximum Gasteiger partial charge on any atom is 0.252 e. The summed E-state index contributed by atoms with van der Waals surface area (Å²) in [4.78, 5) is 17.8. The van der Waals surface area contributed by atoms with Crippen LogP contribution in [0.3, 0.4) is 0 Å². The number of amides is 1. The molecule has 2 aromatic heterocycles. The van der Waals surface area contributed by atoms with Gasteiger partial charge in [0, 0.05) is 17.2 Å². The van der Waals surface area contributed by atoms with E-state index in [0.29, 0.717) is 11.5 Å². The summed E-state index contributed by atoms with van der Waals surface area (Å²) < 4.78 is 2.79. The van der Waals surface area contributed by atoms with Gasteiger partial charge in [-0.2, -0.15) is 5.10 Å². The minimum Gasteiger partial charge on any atom is -0.345 e. The number of nitrogens with zero attached hydrogens (tertiary/aromatic N) is 3. The molecule has 1 aromatic carbocycles. The van der Waals surface area contributed by atoms with Crippen LogP contribution >= 0.6 is 15.9 Å². The monoisotopic (exact) mass is 426 g/mol. The average molecular weight is 427 g/mol. The van der Waals surface area contributed by atoms with E-state index in [9.17, 15) is 4.79 Å². The largest absolute Gasteiger partial charge is 0.345 e. The van der Waals surface area contributed by atoms with Crippen LogP contribution in [0, 0.1) is 19.8 Å². The lowest BCUT2D eigenvalue weighted by atomic mass is 9.77. The Morgan fingerprint density at radius 2 is 1.96 bits per heavy atom. The Hall–Kier alpha value is -2.21. The molecule has 1 atom stereocenters. The Bertz CT molecular complexity index is 1010. The number of carbonyl (C=O) groups is 1. The molecule has 6 heteroatoms. The van der Waals surface area contributed by atoms with Gasteiger partial charge in [-0.1, -0.05) is 34.5 Å². The van der Waals surface area contributed by atoms with Gasteiger partial charge in [-0.3, -0.25) is 9.48 Å². The summed E-state index contributed by atoms with van der Waals surface area (Å²) in [6, 6.07) is 10.2. The van der Waals surface area contributed by atoms with E-state index in [1.165, 1.54) is 6.42 Å². The Kier molecular flexibility index (Phi) is 4.76. The molecule has 1 fully saturated rings. The SMILES string of the molecule is Cc1cc(C(=O)NC(c2ccc(Br)cc2)C2CCC2)c2c(C)nn(C)c2n1. The fourth-order valence-electron chi connectivity index (χ4n) is 3.88. The van der Waals surface area contributed by atoms with Crippen LogP contribution in [-0.4, -0.2) is 20.7 Å². The van der Waals surface area contributed by atoms with Gasteiger partial charge >= 0.3 is 0 Å². The number of nitrogens with one attached hydrogen (secondary N) is 1. The van der Waals surface area contributed by atoms with Crippen molar-refractivity contribution in [3.05, 3.63) is 57.3 Å². The maximum atomic E-state index is 13.3. The molecule has 0 spiro atoms. The minimum absolute atomic E-state index is 0.0276. The highest BCUT2D eigenvalue weighted by Gasteiger charge is 2.30. The molecule has 4 rings (SSSR count). The van der Waals surface area contributed by atoms with Crippen LogP contribution in [0.2, 0.25) is 0 Å². The van der Waals surface area contributed by atoms with Crippen molar-refractivity contribution >= 4 is 32.9 Å². The van der Waals surface area contributed by atoms with Gasteiger partial charge in [0.15, 0.2) is 5.65 Å². The van der Waals surface area contributed by atoms with Crippen LogP contribution in [0.1, 0.15) is 52.6 Å². The van der Waals surface area contributed by atoms with Crippen molar-refractivity contribution in [3.8, 4) is 0 Å². The van der Waals surface area contributed by atoms with Gasteiger partial charge in [0.25, 0.3) is 5.91 Å². The number of benzene rings is 1. The highest BCUT2D eigenvalue weighted by atomic mass is 79.9. The zero-order valence-electron chi connectivity index (χ0n) is 15.8. The number of aryl methyl sites for hydroxylation is 3. The molecule has 0 bridgehead atoms. The molecule has 3 aromatic rings. The van der Waals surface area contributed by atoms with Crippen LogP contribution in [0.25, 0.3) is 11.0 Å². The van der Waals surface area contributed by atoms with Crippen molar-refractivity contribution in [2.75, 3.05) is 0 Å². The fraction of sp³-hybridized carbons (Fsp3) is 0.381. The third-order valence-corrected chi connectivity index (χ3v) is 6.01. The molecule has 1 amide bonds. The number of hydrogen-bond donors (Lipinski definition) is 1. The molecule has 0 radical (unpaired) electrons. The molecule has 1 saturated carbocycles. The van der Waals surface area contributed by atoms with Gasteiger partial charge in [-0.25, -0.2) is 4.98 Å². The normalized spacial score (nSPS) is 15.6. The molecule has 1 unspecified atom stereocenters. The molecule has 0 aliphatic heterocycles. The average Bonchev–Trinajstić information content (AvgIpc) is 2.86. The Balaban J connectivity index is 1.71. The number of carbonyl (C=O) groups excluding carboxylic acids is 1. The summed E-state index contributed by atoms with van der Waals surface area (Å²) in [7, 11) is 1.86. The zero-order valence-corrected chi connectivity index (χ0v) is 17.4. The van der Waals surface area contributed by atoms with Crippen molar-refractivity contribution in [2.45, 2.75) is 39.2 Å². The summed E-state index contributed by atoms with van der Waals surface area (Å²) in [5.74, 6) is 0.435. The molecule has 0 saturated heterocycles. The standard InChI is InChI=1S/C21H23BrN4O/c1-12-11-17(18-13(2)25-26(3)20(18)23-12)21(27)24-19(14-5-4-6-14)15-7-9-16(22)10-8-15/h7-11,14,19H,4-6H2,1-3H3,(H,24,27). The second kappa shape index (κ2) is 7.08. The predicted molar refractivity (Wildman–Crippen MR) is 110 cm³/mol. The zero-order chi connectivity index (χ0) is 19.1. The molecule has 27 heavy (non-hydrogen) atoms. The number of rotatable bonds is 4. The first-order valence-corrected chi connectivity index (χ1v) is 10.1. The lowest BCUT2D eigenvalue weighted by molar-refractivity contribution is 0.0902. The van der Waals surface area contributed by atoms with Crippen molar-refractivity contribution < 1.29 is 4.79 Å². The molecule has 140 valence electrons. The van der Waals surface area contributed by atoms with E-state index >= 15 is 0 Å². The van der Waals surface area contributed by atoms with Crippen molar-refractivity contribution in [2.24, 2.45) is 13.0 Å². The molecule has 1 N–H and O–H groups in total. The second-order valence-electron chi connectivity index (χ2n) is 7.41. The highest BCUT2D eigenvalue weighted by molar-refractivity contribution is 9.10. The van der Waals surface area contributed by atoms with E-state index in [1.807, 2.05) is 39.1 Å². The van der Waals surface area contributed by atoms with Gasteiger partial charge in [-0.05, 0) is 56.4 Å². The van der Waals surface area contributed by atoms with Crippen molar-refractivity contribution in [1.82, 2.24) is 20.1 Å². The first-order valence-electron chi connectivity index (χ1n) is 9.31. The molecule has 1 aliphatic rings. The first kappa shape index (κ1) is 18.2. The van der Waals surface area contributed by atoms with E-state index < -0.39 is 0 Å². The number of pyridine rings is 1. The minimum atomic E-state index is -0.0542. The van der Waals surface area contributed by atoms with Crippen LogP contribution < -0.4 is 5.32 Å². The van der Waals surface area contributed by atoms with Crippen molar-refractivity contribution in [1.29, 1.82) is 0 Å².